The van der Waals surface area contributed by atoms with Gasteiger partial charge in [-0.3, -0.25) is 0 Å². The molecule has 1 unspecified atom stereocenters. The Morgan fingerprint density at radius 2 is 2.00 bits per heavy atom. The molecule has 4 heteroatoms. The Kier molecular flexibility index (Phi) is 3.61. The summed E-state index contributed by atoms with van der Waals surface area (Å²) in [4.78, 5) is 0. The van der Waals surface area contributed by atoms with E-state index in [1.165, 1.54) is 12.1 Å². The summed E-state index contributed by atoms with van der Waals surface area (Å²) in [6.07, 6.45) is 0.842. The van der Waals surface area contributed by atoms with Crippen LogP contribution in [0.1, 0.15) is 27.6 Å². The third-order valence-electron chi connectivity index (χ3n) is 3.56. The lowest BCUT2D eigenvalue weighted by atomic mass is 9.97. The summed E-state index contributed by atoms with van der Waals surface area (Å²) < 4.78 is 18.9. The van der Waals surface area contributed by atoms with Crippen LogP contribution in [0.3, 0.4) is 0 Å². The first-order valence-electron chi connectivity index (χ1n) is 6.41. The van der Waals surface area contributed by atoms with E-state index in [9.17, 15) is 4.39 Å². The van der Waals surface area contributed by atoms with Crippen molar-refractivity contribution in [2.75, 3.05) is 6.61 Å². The van der Waals surface area contributed by atoms with Gasteiger partial charge in [0.05, 0.1) is 12.0 Å². The largest absolute Gasteiger partial charge is 0.493 e. The summed E-state index contributed by atoms with van der Waals surface area (Å²) >= 11 is 12.7. The standard InChI is InChI=1S/C16H13Cl2FO/c1-9-6-12(19)2-3-13(9)15(18)14-8-11(17)7-10-4-5-20-16(10)14/h2-3,6-8,15H,4-5H2,1H3. The minimum absolute atomic E-state index is 0.261. The van der Waals surface area contributed by atoms with Gasteiger partial charge in [-0.05, 0) is 47.9 Å². The van der Waals surface area contributed by atoms with E-state index in [4.69, 9.17) is 27.9 Å². The van der Waals surface area contributed by atoms with E-state index < -0.39 is 5.38 Å². The summed E-state index contributed by atoms with van der Waals surface area (Å²) in [5.41, 5.74) is 3.61. The van der Waals surface area contributed by atoms with Gasteiger partial charge in [-0.25, -0.2) is 4.39 Å². The Balaban J connectivity index is 2.09. The van der Waals surface area contributed by atoms with Crippen LogP contribution in [0.15, 0.2) is 30.3 Å². The molecule has 1 aliphatic rings. The number of hydrogen-bond donors (Lipinski definition) is 0. The molecule has 0 aromatic heterocycles. The van der Waals surface area contributed by atoms with Crippen LogP contribution in [0.4, 0.5) is 4.39 Å². The summed E-state index contributed by atoms with van der Waals surface area (Å²) in [5.74, 6) is 0.556. The van der Waals surface area contributed by atoms with Crippen LogP contribution in [0.2, 0.25) is 5.02 Å². The van der Waals surface area contributed by atoms with E-state index in [0.717, 1.165) is 34.4 Å². The second-order valence-corrected chi connectivity index (χ2v) is 5.82. The molecular weight excluding hydrogens is 298 g/mol. The first-order valence-corrected chi connectivity index (χ1v) is 7.23. The molecule has 2 aromatic carbocycles. The molecule has 0 radical (unpaired) electrons. The smallest absolute Gasteiger partial charge is 0.127 e. The highest BCUT2D eigenvalue weighted by atomic mass is 35.5. The highest BCUT2D eigenvalue weighted by Gasteiger charge is 2.24. The number of aryl methyl sites for hydroxylation is 1. The number of benzene rings is 2. The number of ether oxygens (including phenoxy) is 1. The van der Waals surface area contributed by atoms with Gasteiger partial charge in [-0.2, -0.15) is 0 Å². The topological polar surface area (TPSA) is 9.23 Å². The molecule has 0 bridgehead atoms. The Morgan fingerprint density at radius 3 is 2.75 bits per heavy atom. The maximum absolute atomic E-state index is 13.2. The molecule has 0 fully saturated rings. The van der Waals surface area contributed by atoms with E-state index in [2.05, 4.69) is 0 Å². The molecular formula is C16H13Cl2FO. The van der Waals surface area contributed by atoms with Crippen molar-refractivity contribution >= 4 is 23.2 Å². The van der Waals surface area contributed by atoms with Gasteiger partial charge in [-0.15, -0.1) is 11.6 Å². The molecule has 0 N–H and O–H groups in total. The summed E-state index contributed by atoms with van der Waals surface area (Å²) in [5, 5.41) is 0.246. The molecule has 0 aliphatic carbocycles. The van der Waals surface area contributed by atoms with Gasteiger partial charge in [0.2, 0.25) is 0 Å². The Bertz CT molecular complexity index is 670. The van der Waals surface area contributed by atoms with Crippen LogP contribution >= 0.6 is 23.2 Å². The predicted molar refractivity (Wildman–Crippen MR) is 79.5 cm³/mol. The Morgan fingerprint density at radius 1 is 1.20 bits per heavy atom. The zero-order valence-corrected chi connectivity index (χ0v) is 12.4. The number of alkyl halides is 1. The van der Waals surface area contributed by atoms with Crippen molar-refractivity contribution in [2.45, 2.75) is 18.7 Å². The molecule has 0 amide bonds. The lowest BCUT2D eigenvalue weighted by Gasteiger charge is -2.17. The molecule has 104 valence electrons. The minimum atomic E-state index is -0.402. The quantitative estimate of drug-likeness (QED) is 0.705. The molecule has 0 saturated carbocycles. The molecule has 0 saturated heterocycles. The molecule has 3 rings (SSSR count). The van der Waals surface area contributed by atoms with E-state index >= 15 is 0 Å². The van der Waals surface area contributed by atoms with Gasteiger partial charge < -0.3 is 4.74 Å². The average Bonchev–Trinajstić information content (AvgIpc) is 2.85. The third-order valence-corrected chi connectivity index (χ3v) is 4.24. The van der Waals surface area contributed by atoms with Gasteiger partial charge in [0.25, 0.3) is 0 Å². The minimum Gasteiger partial charge on any atom is -0.493 e. The van der Waals surface area contributed by atoms with Crippen molar-refractivity contribution in [2.24, 2.45) is 0 Å². The SMILES string of the molecule is Cc1cc(F)ccc1C(Cl)c1cc(Cl)cc2c1OCC2. The van der Waals surface area contributed by atoms with Crippen LogP contribution in [0, 0.1) is 12.7 Å². The molecule has 1 heterocycles. The van der Waals surface area contributed by atoms with Crippen LogP contribution in [-0.2, 0) is 6.42 Å². The van der Waals surface area contributed by atoms with E-state index in [1.54, 1.807) is 6.07 Å². The third kappa shape index (κ3) is 2.38. The normalized spacial score (nSPS) is 14.8. The number of fused-ring (bicyclic) bond motifs is 1. The molecule has 1 aliphatic heterocycles. The van der Waals surface area contributed by atoms with E-state index in [-0.39, 0.29) is 5.82 Å². The van der Waals surface area contributed by atoms with E-state index in [1.807, 2.05) is 19.1 Å². The highest BCUT2D eigenvalue weighted by Crippen LogP contribution is 2.42. The molecule has 1 atom stereocenters. The number of halogens is 3. The van der Waals surface area contributed by atoms with Crippen LogP contribution in [0.5, 0.6) is 5.75 Å². The fourth-order valence-electron chi connectivity index (χ4n) is 2.58. The van der Waals surface area contributed by atoms with Crippen molar-refractivity contribution in [3.05, 3.63) is 63.4 Å². The lowest BCUT2D eigenvalue weighted by Crippen LogP contribution is -2.00. The van der Waals surface area contributed by atoms with Gasteiger partial charge in [0, 0.05) is 17.0 Å². The van der Waals surface area contributed by atoms with Crippen LogP contribution < -0.4 is 4.74 Å². The second kappa shape index (κ2) is 5.27. The van der Waals surface area contributed by atoms with Gasteiger partial charge >= 0.3 is 0 Å². The zero-order chi connectivity index (χ0) is 14.3. The highest BCUT2D eigenvalue weighted by molar-refractivity contribution is 6.31. The van der Waals surface area contributed by atoms with Gasteiger partial charge in [-0.1, -0.05) is 17.7 Å². The van der Waals surface area contributed by atoms with Crippen LogP contribution in [-0.4, -0.2) is 6.61 Å². The Labute approximate surface area is 127 Å². The van der Waals surface area contributed by atoms with Crippen molar-refractivity contribution in [1.29, 1.82) is 0 Å². The predicted octanol–water partition coefficient (Wildman–Crippen LogP) is 5.05. The zero-order valence-electron chi connectivity index (χ0n) is 10.9. The number of hydrogen-bond acceptors (Lipinski definition) is 1. The maximum Gasteiger partial charge on any atom is 0.127 e. The van der Waals surface area contributed by atoms with Crippen LogP contribution in [0.25, 0.3) is 0 Å². The molecule has 2 aromatic rings. The van der Waals surface area contributed by atoms with Gasteiger partial charge in [0.1, 0.15) is 11.6 Å². The van der Waals surface area contributed by atoms with Crippen molar-refractivity contribution in [1.82, 2.24) is 0 Å². The molecule has 20 heavy (non-hydrogen) atoms. The fourth-order valence-corrected chi connectivity index (χ4v) is 3.23. The summed E-state index contributed by atoms with van der Waals surface area (Å²) in [7, 11) is 0. The van der Waals surface area contributed by atoms with Crippen molar-refractivity contribution in [3.63, 3.8) is 0 Å². The van der Waals surface area contributed by atoms with Crippen molar-refractivity contribution < 1.29 is 9.13 Å². The Hall–Kier alpha value is -1.25. The first-order chi connectivity index (χ1) is 9.56. The van der Waals surface area contributed by atoms with E-state index in [0.29, 0.717) is 11.6 Å². The van der Waals surface area contributed by atoms with Gasteiger partial charge in [0.15, 0.2) is 0 Å². The second-order valence-electron chi connectivity index (χ2n) is 4.95. The summed E-state index contributed by atoms with van der Waals surface area (Å²) in [6, 6.07) is 8.35. The molecule has 1 nitrogen and oxygen atoms in total. The van der Waals surface area contributed by atoms with Crippen molar-refractivity contribution in [3.8, 4) is 5.75 Å². The monoisotopic (exact) mass is 310 g/mol. The molecule has 0 spiro atoms. The maximum atomic E-state index is 13.2. The average molecular weight is 311 g/mol. The summed E-state index contributed by atoms with van der Waals surface area (Å²) in [6.45, 7) is 2.49. The number of rotatable bonds is 2. The fraction of sp³-hybridized carbons (Fsp3) is 0.250. The first kappa shape index (κ1) is 13.7. The lowest BCUT2D eigenvalue weighted by molar-refractivity contribution is 0.353.